The van der Waals surface area contributed by atoms with Gasteiger partial charge in [-0.1, -0.05) is 0 Å². The van der Waals surface area contributed by atoms with Crippen molar-refractivity contribution >= 4 is 11.7 Å². The second kappa shape index (κ2) is 8.20. The molecule has 0 saturated carbocycles. The van der Waals surface area contributed by atoms with Gasteiger partial charge in [-0.25, -0.2) is 9.97 Å². The summed E-state index contributed by atoms with van der Waals surface area (Å²) in [6, 6.07) is 3.69. The van der Waals surface area contributed by atoms with Crippen LogP contribution in [0.1, 0.15) is 18.2 Å². The largest absolute Gasteiger partial charge is 0.389 e. The first-order valence-corrected chi connectivity index (χ1v) is 8.55. The number of hydrogen-bond acceptors (Lipinski definition) is 7. The summed E-state index contributed by atoms with van der Waals surface area (Å²) < 4.78 is 4.96. The Kier molecular flexibility index (Phi) is 5.75. The zero-order valence-electron chi connectivity index (χ0n) is 15.0. The monoisotopic (exact) mass is 357 g/mol. The van der Waals surface area contributed by atoms with Crippen LogP contribution >= 0.6 is 0 Å². The summed E-state index contributed by atoms with van der Waals surface area (Å²) in [6.07, 6.45) is 3.42. The van der Waals surface area contributed by atoms with Gasteiger partial charge in [0.05, 0.1) is 24.9 Å². The number of nitrogens with one attached hydrogen (secondary N) is 1. The molecule has 0 fully saturated rings. The number of aliphatic hydroxyl groups excluding tert-OH is 1. The number of anilines is 1. The van der Waals surface area contributed by atoms with Gasteiger partial charge in [-0.2, -0.15) is 0 Å². The molecule has 8 nitrogen and oxygen atoms in total. The Morgan fingerprint density at radius 2 is 2.15 bits per heavy atom. The lowest BCUT2D eigenvalue weighted by Crippen LogP contribution is -2.36. The van der Waals surface area contributed by atoms with Gasteiger partial charge in [0, 0.05) is 50.6 Å². The van der Waals surface area contributed by atoms with Crippen molar-refractivity contribution in [2.24, 2.45) is 0 Å². The van der Waals surface area contributed by atoms with Crippen molar-refractivity contribution in [1.29, 1.82) is 0 Å². The van der Waals surface area contributed by atoms with Gasteiger partial charge in [0.15, 0.2) is 5.82 Å². The normalized spacial score (nSPS) is 14.7. The van der Waals surface area contributed by atoms with Crippen LogP contribution in [0.3, 0.4) is 0 Å². The summed E-state index contributed by atoms with van der Waals surface area (Å²) in [6.45, 7) is 3.23. The highest BCUT2D eigenvalue weighted by molar-refractivity contribution is 5.74. The second-order valence-corrected chi connectivity index (χ2v) is 6.24. The SMILES string of the molecule is COC[C@H](O)CNc1nc(-c2ccncc2)nc2c1CCN(C(C)=O)C2. The number of methoxy groups -OCH3 is 1. The Bertz CT molecular complexity index is 769. The molecular weight excluding hydrogens is 334 g/mol. The number of nitrogens with zero attached hydrogens (tertiary/aromatic N) is 4. The van der Waals surface area contributed by atoms with Crippen molar-refractivity contribution in [2.75, 3.05) is 32.1 Å². The molecule has 0 saturated heterocycles. The molecule has 3 heterocycles. The molecule has 0 aliphatic carbocycles. The molecule has 0 aromatic carbocycles. The van der Waals surface area contributed by atoms with E-state index in [-0.39, 0.29) is 12.5 Å². The van der Waals surface area contributed by atoms with Crippen molar-refractivity contribution in [3.63, 3.8) is 0 Å². The first-order valence-electron chi connectivity index (χ1n) is 8.55. The molecular formula is C18H23N5O3. The van der Waals surface area contributed by atoms with E-state index in [2.05, 4.69) is 20.3 Å². The number of ether oxygens (including phenoxy) is 1. The van der Waals surface area contributed by atoms with Crippen LogP contribution in [0.4, 0.5) is 5.82 Å². The lowest BCUT2D eigenvalue weighted by molar-refractivity contribution is -0.129. The Morgan fingerprint density at radius 1 is 1.38 bits per heavy atom. The fraction of sp³-hybridized carbons (Fsp3) is 0.444. The minimum Gasteiger partial charge on any atom is -0.389 e. The number of aliphatic hydroxyl groups is 1. The van der Waals surface area contributed by atoms with Crippen LogP contribution in [0.15, 0.2) is 24.5 Å². The van der Waals surface area contributed by atoms with Crippen LogP contribution in [0.5, 0.6) is 0 Å². The third-order valence-corrected chi connectivity index (χ3v) is 4.31. The maximum atomic E-state index is 11.7. The van der Waals surface area contributed by atoms with Gasteiger partial charge in [0.2, 0.25) is 5.91 Å². The summed E-state index contributed by atoms with van der Waals surface area (Å²) in [7, 11) is 1.55. The third kappa shape index (κ3) is 4.14. The van der Waals surface area contributed by atoms with Gasteiger partial charge in [-0.15, -0.1) is 0 Å². The van der Waals surface area contributed by atoms with Crippen molar-refractivity contribution < 1.29 is 14.6 Å². The zero-order valence-corrected chi connectivity index (χ0v) is 15.0. The molecule has 1 atom stereocenters. The fourth-order valence-corrected chi connectivity index (χ4v) is 2.94. The fourth-order valence-electron chi connectivity index (χ4n) is 2.94. The predicted octanol–water partition coefficient (Wildman–Crippen LogP) is 0.862. The van der Waals surface area contributed by atoms with Crippen molar-refractivity contribution in [1.82, 2.24) is 19.9 Å². The van der Waals surface area contributed by atoms with Gasteiger partial charge in [-0.3, -0.25) is 9.78 Å². The van der Waals surface area contributed by atoms with E-state index in [1.807, 2.05) is 12.1 Å². The first-order chi connectivity index (χ1) is 12.6. The van der Waals surface area contributed by atoms with Crippen LogP contribution in [0, 0.1) is 0 Å². The minimum atomic E-state index is -0.632. The lowest BCUT2D eigenvalue weighted by Gasteiger charge is -2.29. The van der Waals surface area contributed by atoms with E-state index in [4.69, 9.17) is 4.74 Å². The molecule has 2 N–H and O–H groups in total. The maximum absolute atomic E-state index is 11.7. The van der Waals surface area contributed by atoms with Crippen LogP contribution in [0.2, 0.25) is 0 Å². The molecule has 1 aliphatic heterocycles. The summed E-state index contributed by atoms with van der Waals surface area (Å²) >= 11 is 0. The third-order valence-electron chi connectivity index (χ3n) is 4.31. The van der Waals surface area contributed by atoms with Gasteiger partial charge >= 0.3 is 0 Å². The zero-order chi connectivity index (χ0) is 18.5. The van der Waals surface area contributed by atoms with E-state index in [1.54, 1.807) is 31.3 Å². The van der Waals surface area contributed by atoms with E-state index in [1.165, 1.54) is 0 Å². The Hall–Kier alpha value is -2.58. The number of carbonyl (C=O) groups is 1. The number of pyridine rings is 1. The summed E-state index contributed by atoms with van der Waals surface area (Å²) in [5.74, 6) is 1.30. The highest BCUT2D eigenvalue weighted by Gasteiger charge is 2.24. The smallest absolute Gasteiger partial charge is 0.219 e. The second-order valence-electron chi connectivity index (χ2n) is 6.24. The van der Waals surface area contributed by atoms with Crippen molar-refractivity contribution in [3.8, 4) is 11.4 Å². The Balaban J connectivity index is 1.94. The first kappa shape index (κ1) is 18.2. The number of hydrogen-bond donors (Lipinski definition) is 2. The van der Waals surface area contributed by atoms with Crippen molar-refractivity contribution in [2.45, 2.75) is 26.0 Å². The molecule has 0 radical (unpaired) electrons. The highest BCUT2D eigenvalue weighted by Crippen LogP contribution is 2.27. The number of amides is 1. The molecule has 2 aromatic rings. The average Bonchev–Trinajstić information content (AvgIpc) is 2.66. The topological polar surface area (TPSA) is 100 Å². The summed E-state index contributed by atoms with van der Waals surface area (Å²) in [5.41, 5.74) is 2.67. The molecule has 3 rings (SSSR count). The molecule has 138 valence electrons. The van der Waals surface area contributed by atoms with Gasteiger partial charge < -0.3 is 20.1 Å². The summed E-state index contributed by atoms with van der Waals surface area (Å²) in [4.78, 5) is 26.9. The van der Waals surface area contributed by atoms with Gasteiger partial charge in [0.1, 0.15) is 5.82 Å². The molecule has 0 bridgehead atoms. The minimum absolute atomic E-state index is 0.0322. The average molecular weight is 357 g/mol. The van der Waals surface area contributed by atoms with E-state index < -0.39 is 6.10 Å². The van der Waals surface area contributed by atoms with Crippen LogP contribution in [-0.2, 0) is 22.5 Å². The van der Waals surface area contributed by atoms with Gasteiger partial charge in [-0.05, 0) is 18.6 Å². The Labute approximate surface area is 152 Å². The molecule has 0 unspecified atom stereocenters. The van der Waals surface area contributed by atoms with Crippen molar-refractivity contribution in [3.05, 3.63) is 35.8 Å². The molecule has 2 aromatic heterocycles. The molecule has 1 aliphatic rings. The molecule has 0 spiro atoms. The van der Waals surface area contributed by atoms with E-state index in [9.17, 15) is 9.90 Å². The maximum Gasteiger partial charge on any atom is 0.219 e. The summed E-state index contributed by atoms with van der Waals surface area (Å²) in [5, 5.41) is 13.1. The number of fused-ring (bicyclic) bond motifs is 1. The standard InChI is InChI=1S/C18H23N5O3/c1-12(24)23-8-5-15-16(10-23)21-17(13-3-6-19-7-4-13)22-18(15)20-9-14(25)11-26-2/h3-4,6-7,14,25H,5,8-11H2,1-2H3,(H,20,21,22)/t14-/m1/s1. The predicted molar refractivity (Wildman–Crippen MR) is 96.4 cm³/mol. The Morgan fingerprint density at radius 3 is 2.85 bits per heavy atom. The molecule has 1 amide bonds. The quantitative estimate of drug-likeness (QED) is 0.791. The highest BCUT2D eigenvalue weighted by atomic mass is 16.5. The number of aromatic nitrogens is 3. The lowest BCUT2D eigenvalue weighted by atomic mass is 10.0. The van der Waals surface area contributed by atoms with Crippen LogP contribution in [0.25, 0.3) is 11.4 Å². The molecule has 26 heavy (non-hydrogen) atoms. The molecule has 8 heteroatoms. The number of rotatable bonds is 6. The van der Waals surface area contributed by atoms with E-state index >= 15 is 0 Å². The van der Waals surface area contributed by atoms with E-state index in [0.29, 0.717) is 37.7 Å². The van der Waals surface area contributed by atoms with E-state index in [0.717, 1.165) is 16.8 Å². The van der Waals surface area contributed by atoms with Gasteiger partial charge in [0.25, 0.3) is 0 Å². The van der Waals surface area contributed by atoms with Crippen LogP contribution in [-0.4, -0.2) is 63.8 Å². The number of carbonyl (C=O) groups excluding carboxylic acids is 1. The van der Waals surface area contributed by atoms with Crippen LogP contribution < -0.4 is 5.32 Å².